The Labute approximate surface area is 116 Å². The summed E-state index contributed by atoms with van der Waals surface area (Å²) >= 11 is 0. The lowest BCUT2D eigenvalue weighted by molar-refractivity contribution is -0.127. The van der Waals surface area contributed by atoms with E-state index in [1.807, 2.05) is 13.8 Å². The number of nitrogens with one attached hydrogen (secondary N) is 1. The van der Waals surface area contributed by atoms with E-state index < -0.39 is 17.4 Å². The number of rotatable bonds is 4. The summed E-state index contributed by atoms with van der Waals surface area (Å²) in [6.07, 6.45) is 0.728. The van der Waals surface area contributed by atoms with E-state index in [4.69, 9.17) is 15.0 Å². The number of carbonyl (C=O) groups excluding carboxylic acids is 2. The summed E-state index contributed by atoms with van der Waals surface area (Å²) in [6.45, 7) is 4.65. The van der Waals surface area contributed by atoms with Gasteiger partial charge in [0.05, 0.1) is 0 Å². The highest BCUT2D eigenvalue weighted by Gasteiger charge is 2.40. The molecule has 0 aliphatic carbocycles. The SMILES string of the molecule is CC(C)c1cc(C(=O)NC2(C(N)=O)CCOCC2)no1. The number of aromatic nitrogens is 1. The van der Waals surface area contributed by atoms with Crippen LogP contribution in [0.25, 0.3) is 0 Å². The molecule has 1 aliphatic heterocycles. The first-order valence-corrected chi connectivity index (χ1v) is 6.61. The number of amides is 2. The standard InChI is InChI=1S/C13H19N3O4/c1-8(2)10-7-9(16-20-10)11(17)15-13(12(14)18)3-5-19-6-4-13/h7-8H,3-6H2,1-2H3,(H2,14,18)(H,15,17). The predicted molar refractivity (Wildman–Crippen MR) is 70.0 cm³/mol. The second-order valence-electron chi connectivity index (χ2n) is 5.28. The summed E-state index contributed by atoms with van der Waals surface area (Å²) < 4.78 is 10.3. The van der Waals surface area contributed by atoms with Gasteiger partial charge in [-0.3, -0.25) is 9.59 Å². The molecule has 110 valence electrons. The Morgan fingerprint density at radius 1 is 1.40 bits per heavy atom. The second kappa shape index (κ2) is 5.62. The van der Waals surface area contributed by atoms with Crippen LogP contribution in [0.1, 0.15) is 48.9 Å². The van der Waals surface area contributed by atoms with Gasteiger partial charge < -0.3 is 20.3 Å². The number of nitrogens with two attached hydrogens (primary N) is 1. The van der Waals surface area contributed by atoms with Gasteiger partial charge in [-0.15, -0.1) is 0 Å². The fourth-order valence-corrected chi connectivity index (χ4v) is 2.10. The molecule has 0 atom stereocenters. The van der Waals surface area contributed by atoms with Crippen LogP contribution < -0.4 is 11.1 Å². The fourth-order valence-electron chi connectivity index (χ4n) is 2.10. The van der Waals surface area contributed by atoms with Gasteiger partial charge in [-0.05, 0) is 0 Å². The van der Waals surface area contributed by atoms with Crippen LogP contribution in [-0.2, 0) is 9.53 Å². The highest BCUT2D eigenvalue weighted by molar-refractivity contribution is 5.97. The lowest BCUT2D eigenvalue weighted by atomic mass is 9.89. The average Bonchev–Trinajstić information content (AvgIpc) is 2.89. The molecule has 1 aromatic rings. The van der Waals surface area contributed by atoms with Crippen LogP contribution in [0.2, 0.25) is 0 Å². The van der Waals surface area contributed by atoms with Gasteiger partial charge in [0.2, 0.25) is 5.91 Å². The molecule has 0 aromatic carbocycles. The molecule has 1 aliphatic rings. The molecule has 2 amide bonds. The molecule has 1 aromatic heterocycles. The molecular weight excluding hydrogens is 262 g/mol. The summed E-state index contributed by atoms with van der Waals surface area (Å²) in [5.74, 6) is -0.254. The van der Waals surface area contributed by atoms with E-state index in [1.54, 1.807) is 6.07 Å². The van der Waals surface area contributed by atoms with E-state index in [0.717, 1.165) is 0 Å². The molecule has 0 radical (unpaired) electrons. The Morgan fingerprint density at radius 2 is 2.05 bits per heavy atom. The zero-order chi connectivity index (χ0) is 14.8. The zero-order valence-corrected chi connectivity index (χ0v) is 11.6. The number of hydrogen-bond donors (Lipinski definition) is 2. The molecular formula is C13H19N3O4. The minimum Gasteiger partial charge on any atom is -0.381 e. The van der Waals surface area contributed by atoms with Crippen molar-refractivity contribution in [3.8, 4) is 0 Å². The largest absolute Gasteiger partial charge is 0.381 e. The average molecular weight is 281 g/mol. The van der Waals surface area contributed by atoms with Crippen molar-refractivity contribution in [1.29, 1.82) is 0 Å². The van der Waals surface area contributed by atoms with Crippen LogP contribution in [0, 0.1) is 0 Å². The Balaban J connectivity index is 2.13. The van der Waals surface area contributed by atoms with Gasteiger partial charge in [0.1, 0.15) is 11.3 Å². The first kappa shape index (κ1) is 14.5. The van der Waals surface area contributed by atoms with Crippen LogP contribution in [0.5, 0.6) is 0 Å². The summed E-state index contributed by atoms with van der Waals surface area (Å²) in [6, 6.07) is 1.58. The number of hydrogen-bond acceptors (Lipinski definition) is 5. The van der Waals surface area contributed by atoms with Crippen LogP contribution >= 0.6 is 0 Å². The summed E-state index contributed by atoms with van der Waals surface area (Å²) in [7, 11) is 0. The Kier molecular flexibility index (Phi) is 4.08. The number of ether oxygens (including phenoxy) is 1. The van der Waals surface area contributed by atoms with Crippen LogP contribution in [0.15, 0.2) is 10.6 Å². The lowest BCUT2D eigenvalue weighted by Crippen LogP contribution is -2.60. The predicted octanol–water partition coefficient (Wildman–Crippen LogP) is 0.562. The molecule has 7 nitrogen and oxygen atoms in total. The fraction of sp³-hybridized carbons (Fsp3) is 0.615. The van der Waals surface area contributed by atoms with Gasteiger partial charge >= 0.3 is 0 Å². The molecule has 20 heavy (non-hydrogen) atoms. The van der Waals surface area contributed by atoms with Crippen molar-refractivity contribution >= 4 is 11.8 Å². The van der Waals surface area contributed by atoms with E-state index in [0.29, 0.717) is 31.8 Å². The molecule has 2 heterocycles. The van der Waals surface area contributed by atoms with E-state index in [9.17, 15) is 9.59 Å². The molecule has 7 heteroatoms. The third-order valence-corrected chi connectivity index (χ3v) is 3.50. The maximum atomic E-state index is 12.2. The van der Waals surface area contributed by atoms with Gasteiger partial charge in [-0.25, -0.2) is 0 Å². The first-order valence-electron chi connectivity index (χ1n) is 6.61. The molecule has 0 unspecified atom stereocenters. The van der Waals surface area contributed by atoms with Crippen molar-refractivity contribution in [1.82, 2.24) is 10.5 Å². The van der Waals surface area contributed by atoms with Crippen molar-refractivity contribution in [3.63, 3.8) is 0 Å². The van der Waals surface area contributed by atoms with E-state index in [-0.39, 0.29) is 11.6 Å². The highest BCUT2D eigenvalue weighted by atomic mass is 16.5. The van der Waals surface area contributed by atoms with Crippen molar-refractivity contribution < 1.29 is 18.8 Å². The molecule has 0 saturated carbocycles. The van der Waals surface area contributed by atoms with Gasteiger partial charge in [0, 0.05) is 38.0 Å². The van der Waals surface area contributed by atoms with Gasteiger partial charge in [0.15, 0.2) is 5.69 Å². The van der Waals surface area contributed by atoms with Crippen molar-refractivity contribution in [2.75, 3.05) is 13.2 Å². The van der Waals surface area contributed by atoms with Crippen molar-refractivity contribution in [3.05, 3.63) is 17.5 Å². The Morgan fingerprint density at radius 3 is 2.55 bits per heavy atom. The van der Waals surface area contributed by atoms with Crippen LogP contribution in [0.3, 0.4) is 0 Å². The van der Waals surface area contributed by atoms with E-state index in [2.05, 4.69) is 10.5 Å². The highest BCUT2D eigenvalue weighted by Crippen LogP contribution is 2.21. The minimum absolute atomic E-state index is 0.136. The third-order valence-electron chi connectivity index (χ3n) is 3.50. The number of nitrogens with zero attached hydrogens (tertiary/aromatic N) is 1. The molecule has 1 saturated heterocycles. The molecule has 2 rings (SSSR count). The van der Waals surface area contributed by atoms with Gasteiger partial charge in [-0.2, -0.15) is 0 Å². The summed E-state index contributed by atoms with van der Waals surface area (Å²) in [5.41, 5.74) is 4.52. The van der Waals surface area contributed by atoms with Gasteiger partial charge in [0.25, 0.3) is 5.91 Å². The summed E-state index contributed by atoms with van der Waals surface area (Å²) in [4.78, 5) is 23.8. The van der Waals surface area contributed by atoms with Crippen molar-refractivity contribution in [2.45, 2.75) is 38.1 Å². The normalized spacial score (nSPS) is 17.9. The molecule has 0 bridgehead atoms. The second-order valence-corrected chi connectivity index (χ2v) is 5.28. The lowest BCUT2D eigenvalue weighted by Gasteiger charge is -2.34. The maximum Gasteiger partial charge on any atom is 0.274 e. The zero-order valence-electron chi connectivity index (χ0n) is 11.6. The van der Waals surface area contributed by atoms with Crippen LogP contribution in [-0.4, -0.2) is 35.7 Å². The van der Waals surface area contributed by atoms with Gasteiger partial charge in [-0.1, -0.05) is 19.0 Å². The number of carbonyl (C=O) groups is 2. The van der Waals surface area contributed by atoms with Crippen molar-refractivity contribution in [2.24, 2.45) is 5.73 Å². The third kappa shape index (κ3) is 2.82. The smallest absolute Gasteiger partial charge is 0.274 e. The molecule has 1 fully saturated rings. The monoisotopic (exact) mass is 281 g/mol. The minimum atomic E-state index is -1.06. The molecule has 3 N–H and O–H groups in total. The van der Waals surface area contributed by atoms with Crippen LogP contribution in [0.4, 0.5) is 0 Å². The first-order chi connectivity index (χ1) is 9.44. The van der Waals surface area contributed by atoms with E-state index in [1.165, 1.54) is 0 Å². The topological polar surface area (TPSA) is 107 Å². The Hall–Kier alpha value is -1.89. The Bertz CT molecular complexity index is 503. The number of primary amides is 1. The maximum absolute atomic E-state index is 12.2. The quantitative estimate of drug-likeness (QED) is 0.838. The molecule has 0 spiro atoms. The summed E-state index contributed by atoms with van der Waals surface area (Å²) in [5, 5.41) is 6.41. The van der Waals surface area contributed by atoms with E-state index >= 15 is 0 Å².